The third-order valence-corrected chi connectivity index (χ3v) is 4.89. The van der Waals surface area contributed by atoms with Crippen LogP contribution in [0.4, 0.5) is 11.4 Å². The number of nitriles is 1. The van der Waals surface area contributed by atoms with E-state index in [2.05, 4.69) is 5.32 Å². The molecule has 1 atom stereocenters. The topological polar surface area (TPSA) is 99.3 Å². The molecule has 0 spiro atoms. The van der Waals surface area contributed by atoms with Gasteiger partial charge in [-0.2, -0.15) is 5.26 Å². The standard InChI is InChI=1S/C17H20N4O3/c18-10-12-5-6-15(16(9-12)21(23)24)19-14-7-8-20(11-14)17(22)13-3-1-2-4-13/h5-6,9,13-14,19H,1-4,7-8,11H2. The molecular weight excluding hydrogens is 308 g/mol. The molecule has 2 fully saturated rings. The predicted molar refractivity (Wildman–Crippen MR) is 88.4 cm³/mol. The monoisotopic (exact) mass is 328 g/mol. The molecule has 1 unspecified atom stereocenters. The number of nitrogens with one attached hydrogen (secondary N) is 1. The number of carbonyl (C=O) groups excluding carboxylic acids is 1. The quantitative estimate of drug-likeness (QED) is 0.676. The summed E-state index contributed by atoms with van der Waals surface area (Å²) in [5.74, 6) is 0.388. The van der Waals surface area contributed by atoms with Gasteiger partial charge in [0.15, 0.2) is 0 Å². The first-order chi connectivity index (χ1) is 11.6. The van der Waals surface area contributed by atoms with Crippen LogP contribution in [0.2, 0.25) is 0 Å². The molecule has 24 heavy (non-hydrogen) atoms. The van der Waals surface area contributed by atoms with Gasteiger partial charge in [-0.05, 0) is 31.4 Å². The lowest BCUT2D eigenvalue weighted by Gasteiger charge is -2.21. The smallest absolute Gasteiger partial charge is 0.293 e. The summed E-state index contributed by atoms with van der Waals surface area (Å²) in [5, 5.41) is 23.3. The lowest BCUT2D eigenvalue weighted by molar-refractivity contribution is -0.384. The van der Waals surface area contributed by atoms with Crippen molar-refractivity contribution >= 4 is 17.3 Å². The van der Waals surface area contributed by atoms with Gasteiger partial charge < -0.3 is 10.2 Å². The molecule has 1 amide bonds. The molecular formula is C17H20N4O3. The van der Waals surface area contributed by atoms with Crippen molar-refractivity contribution in [3.63, 3.8) is 0 Å². The SMILES string of the molecule is N#Cc1ccc(NC2CCN(C(=O)C3CCCC3)C2)c([N+](=O)[O-])c1. The highest BCUT2D eigenvalue weighted by Crippen LogP contribution is 2.30. The van der Waals surface area contributed by atoms with Crippen molar-refractivity contribution in [2.75, 3.05) is 18.4 Å². The van der Waals surface area contributed by atoms with E-state index >= 15 is 0 Å². The normalized spacial score (nSPS) is 20.8. The summed E-state index contributed by atoms with van der Waals surface area (Å²) < 4.78 is 0. The molecule has 1 N–H and O–H groups in total. The Balaban J connectivity index is 1.66. The third kappa shape index (κ3) is 3.32. The zero-order chi connectivity index (χ0) is 17.1. The average Bonchev–Trinajstić information content (AvgIpc) is 3.26. The third-order valence-electron chi connectivity index (χ3n) is 4.89. The van der Waals surface area contributed by atoms with Crippen LogP contribution in [-0.2, 0) is 4.79 Å². The predicted octanol–water partition coefficient (Wildman–Crippen LogP) is 2.67. The number of amides is 1. The largest absolute Gasteiger partial charge is 0.375 e. The number of nitro benzene ring substituents is 1. The zero-order valence-electron chi connectivity index (χ0n) is 13.4. The highest BCUT2D eigenvalue weighted by molar-refractivity contribution is 5.79. The second-order valence-electron chi connectivity index (χ2n) is 6.50. The van der Waals surface area contributed by atoms with Crippen molar-refractivity contribution in [3.05, 3.63) is 33.9 Å². The Labute approximate surface area is 140 Å². The number of likely N-dealkylation sites (tertiary alicyclic amines) is 1. The van der Waals surface area contributed by atoms with Crippen LogP contribution in [0, 0.1) is 27.4 Å². The highest BCUT2D eigenvalue weighted by atomic mass is 16.6. The van der Waals surface area contributed by atoms with Crippen molar-refractivity contribution < 1.29 is 9.72 Å². The first kappa shape index (κ1) is 16.2. The zero-order valence-corrected chi connectivity index (χ0v) is 13.4. The number of rotatable bonds is 4. The highest BCUT2D eigenvalue weighted by Gasteiger charge is 2.32. The van der Waals surface area contributed by atoms with Crippen molar-refractivity contribution in [2.24, 2.45) is 5.92 Å². The van der Waals surface area contributed by atoms with Gasteiger partial charge in [0.25, 0.3) is 5.69 Å². The number of nitrogens with zero attached hydrogens (tertiary/aromatic N) is 3. The summed E-state index contributed by atoms with van der Waals surface area (Å²) in [7, 11) is 0. The fourth-order valence-corrected chi connectivity index (χ4v) is 3.60. The van der Waals surface area contributed by atoms with Crippen molar-refractivity contribution in [2.45, 2.75) is 38.1 Å². The van der Waals surface area contributed by atoms with E-state index in [4.69, 9.17) is 5.26 Å². The number of carbonyl (C=O) groups is 1. The van der Waals surface area contributed by atoms with Crippen molar-refractivity contribution in [1.82, 2.24) is 4.90 Å². The second-order valence-corrected chi connectivity index (χ2v) is 6.50. The summed E-state index contributed by atoms with van der Waals surface area (Å²) in [5.41, 5.74) is 0.561. The molecule has 1 heterocycles. The average molecular weight is 328 g/mol. The fraction of sp³-hybridized carbons (Fsp3) is 0.529. The van der Waals surface area contributed by atoms with Crippen LogP contribution in [0.15, 0.2) is 18.2 Å². The van der Waals surface area contributed by atoms with Crippen LogP contribution >= 0.6 is 0 Å². The molecule has 3 rings (SSSR count). The Hall–Kier alpha value is -2.62. The molecule has 7 nitrogen and oxygen atoms in total. The molecule has 126 valence electrons. The van der Waals surface area contributed by atoms with E-state index in [0.717, 1.165) is 32.1 Å². The van der Waals surface area contributed by atoms with Crippen LogP contribution in [-0.4, -0.2) is 34.9 Å². The number of hydrogen-bond acceptors (Lipinski definition) is 5. The summed E-state index contributed by atoms with van der Waals surface area (Å²) in [6.07, 6.45) is 4.99. The van der Waals surface area contributed by atoms with Crippen LogP contribution < -0.4 is 5.32 Å². The molecule has 2 aliphatic rings. The van der Waals surface area contributed by atoms with E-state index in [9.17, 15) is 14.9 Å². The summed E-state index contributed by atoms with van der Waals surface area (Å²) in [6.45, 7) is 1.27. The minimum atomic E-state index is -0.487. The Bertz CT molecular complexity index is 692. The maximum absolute atomic E-state index is 12.5. The molecule has 1 saturated heterocycles. The maximum Gasteiger partial charge on any atom is 0.293 e. The Morgan fingerprint density at radius 2 is 2.08 bits per heavy atom. The van der Waals surface area contributed by atoms with Crippen molar-refractivity contribution in [3.8, 4) is 6.07 Å². The van der Waals surface area contributed by atoms with Gasteiger partial charge in [0, 0.05) is 31.1 Å². The summed E-state index contributed by atoms with van der Waals surface area (Å²) in [6, 6.07) is 6.32. The van der Waals surface area contributed by atoms with E-state index in [0.29, 0.717) is 18.8 Å². The van der Waals surface area contributed by atoms with E-state index in [1.54, 1.807) is 12.1 Å². The molecule has 1 aliphatic heterocycles. The van der Waals surface area contributed by atoms with Gasteiger partial charge in [0.05, 0.1) is 16.6 Å². The minimum absolute atomic E-state index is 0.00184. The molecule has 0 aromatic heterocycles. The maximum atomic E-state index is 12.5. The van der Waals surface area contributed by atoms with E-state index in [1.165, 1.54) is 6.07 Å². The Morgan fingerprint density at radius 1 is 1.33 bits per heavy atom. The van der Waals surface area contributed by atoms with Crippen LogP contribution in [0.1, 0.15) is 37.7 Å². The summed E-state index contributed by atoms with van der Waals surface area (Å²) >= 11 is 0. The van der Waals surface area contributed by atoms with Gasteiger partial charge >= 0.3 is 0 Å². The molecule has 1 aromatic rings. The minimum Gasteiger partial charge on any atom is -0.375 e. The first-order valence-corrected chi connectivity index (χ1v) is 8.32. The van der Waals surface area contributed by atoms with E-state index in [-0.39, 0.29) is 29.1 Å². The first-order valence-electron chi connectivity index (χ1n) is 8.32. The van der Waals surface area contributed by atoms with E-state index < -0.39 is 4.92 Å². The van der Waals surface area contributed by atoms with Gasteiger partial charge in [-0.25, -0.2) is 0 Å². The second kappa shape index (κ2) is 6.87. The van der Waals surface area contributed by atoms with Gasteiger partial charge in [0.2, 0.25) is 5.91 Å². The lowest BCUT2D eigenvalue weighted by Crippen LogP contribution is -2.35. The molecule has 1 aromatic carbocycles. The molecule has 1 saturated carbocycles. The van der Waals surface area contributed by atoms with Crippen LogP contribution in [0.25, 0.3) is 0 Å². The number of benzene rings is 1. The van der Waals surface area contributed by atoms with Crippen LogP contribution in [0.5, 0.6) is 0 Å². The fourth-order valence-electron chi connectivity index (χ4n) is 3.60. The molecule has 7 heteroatoms. The number of anilines is 1. The number of hydrogen-bond donors (Lipinski definition) is 1. The van der Waals surface area contributed by atoms with Crippen LogP contribution in [0.3, 0.4) is 0 Å². The molecule has 0 radical (unpaired) electrons. The van der Waals surface area contributed by atoms with E-state index in [1.807, 2.05) is 11.0 Å². The van der Waals surface area contributed by atoms with Crippen molar-refractivity contribution in [1.29, 1.82) is 5.26 Å². The van der Waals surface area contributed by atoms with Gasteiger partial charge in [-0.1, -0.05) is 12.8 Å². The Morgan fingerprint density at radius 3 is 2.75 bits per heavy atom. The number of nitro groups is 1. The molecule has 0 bridgehead atoms. The van der Waals surface area contributed by atoms with Gasteiger partial charge in [-0.15, -0.1) is 0 Å². The Kier molecular flexibility index (Phi) is 4.65. The van der Waals surface area contributed by atoms with Gasteiger partial charge in [-0.3, -0.25) is 14.9 Å². The molecule has 1 aliphatic carbocycles. The van der Waals surface area contributed by atoms with Gasteiger partial charge in [0.1, 0.15) is 5.69 Å². The summed E-state index contributed by atoms with van der Waals surface area (Å²) in [4.78, 5) is 25.1. The lowest BCUT2D eigenvalue weighted by atomic mass is 10.1.